The highest BCUT2D eigenvalue weighted by Gasteiger charge is 2.18. The van der Waals surface area contributed by atoms with Crippen LogP contribution in [0.25, 0.3) is 0 Å². The van der Waals surface area contributed by atoms with E-state index in [-0.39, 0.29) is 11.7 Å². The molecule has 1 aromatic heterocycles. The third-order valence-electron chi connectivity index (χ3n) is 3.09. The lowest BCUT2D eigenvalue weighted by Crippen LogP contribution is -2.42. The Morgan fingerprint density at radius 2 is 2.00 bits per heavy atom. The molecular weight excluding hydrogens is 272 g/mol. The molecule has 106 valence electrons. The van der Waals surface area contributed by atoms with Gasteiger partial charge in [-0.3, -0.25) is 4.79 Å². The maximum atomic E-state index is 12.2. The van der Waals surface area contributed by atoms with E-state index in [0.29, 0.717) is 13.0 Å². The van der Waals surface area contributed by atoms with Crippen LogP contribution in [0.2, 0.25) is 0 Å². The number of hydrogen-bond donors (Lipinski definition) is 2. The molecule has 0 bridgehead atoms. The summed E-state index contributed by atoms with van der Waals surface area (Å²) < 4.78 is 0. The number of thiophene rings is 1. The number of likely N-dealkylation sites (N-methyl/N-ethyl adjacent to an activating group) is 1. The van der Waals surface area contributed by atoms with Crippen LogP contribution in [0.15, 0.2) is 41.1 Å². The van der Waals surface area contributed by atoms with Gasteiger partial charge in [-0.05, 0) is 46.5 Å². The summed E-state index contributed by atoms with van der Waals surface area (Å²) in [6.07, 6.45) is 0.465. The van der Waals surface area contributed by atoms with Gasteiger partial charge in [-0.1, -0.05) is 12.1 Å². The zero-order valence-corrected chi connectivity index (χ0v) is 12.1. The van der Waals surface area contributed by atoms with Crippen molar-refractivity contribution >= 4 is 17.2 Å². The van der Waals surface area contributed by atoms with Crippen LogP contribution < -0.4 is 5.73 Å². The number of aromatic hydroxyl groups is 1. The Labute approximate surface area is 122 Å². The van der Waals surface area contributed by atoms with Gasteiger partial charge in [-0.15, -0.1) is 0 Å². The van der Waals surface area contributed by atoms with Gasteiger partial charge in [0.2, 0.25) is 5.91 Å². The van der Waals surface area contributed by atoms with Gasteiger partial charge in [0.05, 0.1) is 6.04 Å². The molecule has 0 aliphatic heterocycles. The monoisotopic (exact) mass is 290 g/mol. The molecule has 1 amide bonds. The van der Waals surface area contributed by atoms with Gasteiger partial charge in [-0.2, -0.15) is 11.3 Å². The van der Waals surface area contributed by atoms with Crippen molar-refractivity contribution in [1.29, 1.82) is 0 Å². The van der Waals surface area contributed by atoms with Crippen LogP contribution in [0.4, 0.5) is 0 Å². The molecule has 1 aromatic carbocycles. The number of rotatable bonds is 5. The summed E-state index contributed by atoms with van der Waals surface area (Å²) in [5, 5.41) is 13.2. The molecule has 0 aliphatic carbocycles. The minimum atomic E-state index is -0.567. The molecule has 0 unspecified atom stereocenters. The molecule has 20 heavy (non-hydrogen) atoms. The minimum absolute atomic E-state index is 0.0794. The Bertz CT molecular complexity index is 552. The fourth-order valence-corrected chi connectivity index (χ4v) is 2.65. The van der Waals surface area contributed by atoms with E-state index >= 15 is 0 Å². The lowest BCUT2D eigenvalue weighted by atomic mass is 10.1. The predicted octanol–water partition coefficient (Wildman–Crippen LogP) is 1.98. The molecule has 1 heterocycles. The van der Waals surface area contributed by atoms with E-state index in [4.69, 9.17) is 5.73 Å². The predicted molar refractivity (Wildman–Crippen MR) is 80.6 cm³/mol. The Hall–Kier alpha value is -1.85. The Balaban J connectivity index is 1.92. The van der Waals surface area contributed by atoms with Crippen molar-refractivity contribution in [2.45, 2.75) is 19.0 Å². The van der Waals surface area contributed by atoms with E-state index in [9.17, 15) is 9.90 Å². The minimum Gasteiger partial charge on any atom is -0.508 e. The fourth-order valence-electron chi connectivity index (χ4n) is 1.99. The van der Waals surface area contributed by atoms with Gasteiger partial charge in [0.25, 0.3) is 0 Å². The first-order valence-electron chi connectivity index (χ1n) is 6.36. The lowest BCUT2D eigenvalue weighted by molar-refractivity contribution is -0.131. The first kappa shape index (κ1) is 14.6. The van der Waals surface area contributed by atoms with Crippen molar-refractivity contribution in [2.24, 2.45) is 5.73 Å². The van der Waals surface area contributed by atoms with Crippen LogP contribution in [0.3, 0.4) is 0 Å². The molecule has 0 spiro atoms. The molecule has 0 radical (unpaired) electrons. The van der Waals surface area contributed by atoms with Gasteiger partial charge in [0, 0.05) is 13.6 Å². The normalized spacial score (nSPS) is 12.1. The summed E-state index contributed by atoms with van der Waals surface area (Å²) in [6.45, 7) is 0.575. The van der Waals surface area contributed by atoms with Gasteiger partial charge >= 0.3 is 0 Å². The van der Waals surface area contributed by atoms with Crippen molar-refractivity contribution in [3.05, 3.63) is 52.2 Å². The van der Waals surface area contributed by atoms with Crippen molar-refractivity contribution < 1.29 is 9.90 Å². The highest BCUT2D eigenvalue weighted by atomic mass is 32.1. The summed E-state index contributed by atoms with van der Waals surface area (Å²) in [5.74, 6) is 0.132. The number of nitrogens with two attached hydrogens (primary N) is 1. The molecule has 4 nitrogen and oxygen atoms in total. The molecule has 0 fully saturated rings. The van der Waals surface area contributed by atoms with Crippen LogP contribution in [0, 0.1) is 0 Å². The van der Waals surface area contributed by atoms with Crippen molar-refractivity contribution in [3.63, 3.8) is 0 Å². The lowest BCUT2D eigenvalue weighted by Gasteiger charge is -2.21. The summed E-state index contributed by atoms with van der Waals surface area (Å²) >= 11 is 1.61. The summed E-state index contributed by atoms with van der Waals surface area (Å²) in [5.41, 5.74) is 8.02. The van der Waals surface area contributed by atoms with Gasteiger partial charge < -0.3 is 15.7 Å². The molecule has 1 atom stereocenters. The third kappa shape index (κ3) is 3.82. The van der Waals surface area contributed by atoms with E-state index in [0.717, 1.165) is 11.1 Å². The summed E-state index contributed by atoms with van der Waals surface area (Å²) in [4.78, 5) is 13.8. The Morgan fingerprint density at radius 1 is 1.30 bits per heavy atom. The van der Waals surface area contributed by atoms with E-state index in [1.807, 2.05) is 16.8 Å². The maximum absolute atomic E-state index is 12.2. The molecule has 3 N–H and O–H groups in total. The molecule has 2 rings (SSSR count). The average molecular weight is 290 g/mol. The van der Waals surface area contributed by atoms with Gasteiger partial charge in [-0.25, -0.2) is 0 Å². The van der Waals surface area contributed by atoms with Crippen molar-refractivity contribution in [3.8, 4) is 5.75 Å². The third-order valence-corrected chi connectivity index (χ3v) is 3.82. The topological polar surface area (TPSA) is 66.6 Å². The second-order valence-electron chi connectivity index (χ2n) is 4.80. The molecule has 0 aliphatic rings. The first-order valence-corrected chi connectivity index (χ1v) is 7.30. The number of phenols is 1. The highest BCUT2D eigenvalue weighted by molar-refractivity contribution is 7.07. The Morgan fingerprint density at radius 3 is 2.60 bits per heavy atom. The summed E-state index contributed by atoms with van der Waals surface area (Å²) in [7, 11) is 1.76. The molecule has 2 aromatic rings. The molecule has 0 saturated carbocycles. The second kappa shape index (κ2) is 6.54. The zero-order chi connectivity index (χ0) is 14.5. The van der Waals surface area contributed by atoms with Gasteiger partial charge in [0.15, 0.2) is 0 Å². The number of hydrogen-bond acceptors (Lipinski definition) is 4. The Kier molecular flexibility index (Phi) is 4.76. The number of carbonyl (C=O) groups is 1. The number of nitrogens with zero attached hydrogens (tertiary/aromatic N) is 1. The van der Waals surface area contributed by atoms with E-state index in [1.54, 1.807) is 47.5 Å². The molecule has 0 saturated heterocycles. The van der Waals surface area contributed by atoms with Crippen LogP contribution >= 0.6 is 11.3 Å². The second-order valence-corrected chi connectivity index (χ2v) is 5.58. The smallest absolute Gasteiger partial charge is 0.239 e. The van der Waals surface area contributed by atoms with Crippen LogP contribution in [-0.2, 0) is 17.8 Å². The molecule has 5 heteroatoms. The number of carbonyl (C=O) groups excluding carboxylic acids is 1. The SMILES string of the molecule is CN(Cc1ccsc1)C(=O)[C@H](N)Cc1ccc(O)cc1. The first-order chi connectivity index (χ1) is 9.56. The summed E-state index contributed by atoms with van der Waals surface area (Å²) in [6, 6.07) is 8.19. The maximum Gasteiger partial charge on any atom is 0.239 e. The van der Waals surface area contributed by atoms with E-state index in [2.05, 4.69) is 0 Å². The van der Waals surface area contributed by atoms with Crippen molar-refractivity contribution in [1.82, 2.24) is 4.90 Å². The molecular formula is C15H18N2O2S. The van der Waals surface area contributed by atoms with E-state index < -0.39 is 6.04 Å². The van der Waals surface area contributed by atoms with Crippen molar-refractivity contribution in [2.75, 3.05) is 7.05 Å². The highest BCUT2D eigenvalue weighted by Crippen LogP contribution is 2.13. The largest absolute Gasteiger partial charge is 0.508 e. The average Bonchev–Trinajstić information content (AvgIpc) is 2.93. The standard InChI is InChI=1S/C15H18N2O2S/c1-17(9-12-6-7-20-10-12)15(19)14(16)8-11-2-4-13(18)5-3-11/h2-7,10,14,18H,8-9,16H2,1H3/t14-/m1/s1. The fraction of sp³-hybridized carbons (Fsp3) is 0.267. The van der Waals surface area contributed by atoms with Crippen LogP contribution in [-0.4, -0.2) is 29.0 Å². The van der Waals surface area contributed by atoms with E-state index in [1.165, 1.54) is 0 Å². The zero-order valence-electron chi connectivity index (χ0n) is 11.3. The quantitative estimate of drug-likeness (QED) is 0.885. The van der Waals surface area contributed by atoms with Gasteiger partial charge in [0.1, 0.15) is 5.75 Å². The number of benzene rings is 1. The number of phenolic OH excluding ortho intramolecular Hbond substituents is 1. The van der Waals surface area contributed by atoms with Crippen LogP contribution in [0.5, 0.6) is 5.75 Å². The van der Waals surface area contributed by atoms with Crippen LogP contribution in [0.1, 0.15) is 11.1 Å². The number of amides is 1.